The summed E-state index contributed by atoms with van der Waals surface area (Å²) in [4.78, 5) is 6.76. The van der Waals surface area contributed by atoms with E-state index in [0.717, 1.165) is 25.2 Å². The van der Waals surface area contributed by atoms with E-state index in [1.54, 1.807) is 0 Å². The Morgan fingerprint density at radius 1 is 1.47 bits per heavy atom. The van der Waals surface area contributed by atoms with Gasteiger partial charge in [-0.1, -0.05) is 13.8 Å². The smallest absolute Gasteiger partial charge is 0.128 e. The van der Waals surface area contributed by atoms with Crippen molar-refractivity contribution < 1.29 is 5.11 Å². The lowest BCUT2D eigenvalue weighted by Crippen LogP contribution is -2.37. The number of nitrogens with zero attached hydrogens (tertiary/aromatic N) is 2. The number of aliphatic hydroxyl groups is 1. The van der Waals surface area contributed by atoms with Crippen LogP contribution < -0.4 is 4.90 Å². The minimum absolute atomic E-state index is 0.191. The molecule has 0 amide bonds. The third-order valence-corrected chi connectivity index (χ3v) is 3.81. The van der Waals surface area contributed by atoms with Crippen molar-refractivity contribution in [3.8, 4) is 0 Å². The summed E-state index contributed by atoms with van der Waals surface area (Å²) >= 11 is 0. The summed E-state index contributed by atoms with van der Waals surface area (Å²) < 4.78 is 0. The Kier molecular flexibility index (Phi) is 3.38. The molecule has 1 N–H and O–H groups in total. The highest BCUT2D eigenvalue weighted by Crippen LogP contribution is 2.52. The molecule has 94 valence electrons. The molecule has 3 heterocycles. The van der Waals surface area contributed by atoms with Crippen LogP contribution in [-0.4, -0.2) is 29.3 Å². The van der Waals surface area contributed by atoms with E-state index < -0.39 is 0 Å². The first-order chi connectivity index (χ1) is 8.22. The highest BCUT2D eigenvalue weighted by molar-refractivity contribution is 5.47. The van der Waals surface area contributed by atoms with Gasteiger partial charge in [-0.05, 0) is 37.5 Å². The maximum atomic E-state index is 9.34. The third kappa shape index (κ3) is 2.04. The van der Waals surface area contributed by atoms with E-state index in [4.69, 9.17) is 0 Å². The monoisotopic (exact) mass is 234 g/mol. The zero-order chi connectivity index (χ0) is 12.5. The van der Waals surface area contributed by atoms with Gasteiger partial charge in [0.1, 0.15) is 5.82 Å². The number of pyridine rings is 1. The van der Waals surface area contributed by atoms with Crippen LogP contribution in [0.5, 0.6) is 0 Å². The highest BCUT2D eigenvalue weighted by atomic mass is 16.3. The zero-order valence-electron chi connectivity index (χ0n) is 11.0. The summed E-state index contributed by atoms with van der Waals surface area (Å²) in [6.07, 6.45) is 4.14. The fourth-order valence-corrected chi connectivity index (χ4v) is 2.90. The Bertz CT molecular complexity index is 386. The first-order valence-corrected chi connectivity index (χ1v) is 6.53. The average Bonchev–Trinajstić information content (AvgIpc) is 2.86. The lowest BCUT2D eigenvalue weighted by Gasteiger charge is -2.35. The summed E-state index contributed by atoms with van der Waals surface area (Å²) in [5, 5.41) is 9.34. The Morgan fingerprint density at radius 2 is 2.18 bits per heavy atom. The van der Waals surface area contributed by atoms with E-state index in [2.05, 4.69) is 22.9 Å². The van der Waals surface area contributed by atoms with Crippen molar-refractivity contribution in [2.75, 3.05) is 18.1 Å². The molecule has 2 bridgehead atoms. The van der Waals surface area contributed by atoms with E-state index in [0.29, 0.717) is 12.6 Å². The summed E-state index contributed by atoms with van der Waals surface area (Å²) in [5.41, 5.74) is 1.44. The van der Waals surface area contributed by atoms with Crippen LogP contribution in [0.25, 0.3) is 0 Å². The number of aryl methyl sites for hydroxylation is 1. The Balaban J connectivity index is 0.000000514. The summed E-state index contributed by atoms with van der Waals surface area (Å²) in [5.74, 6) is 1.08. The van der Waals surface area contributed by atoms with Crippen molar-refractivity contribution in [1.82, 2.24) is 4.98 Å². The minimum atomic E-state index is 0.191. The molecule has 3 aliphatic rings. The van der Waals surface area contributed by atoms with Gasteiger partial charge in [0.05, 0.1) is 6.61 Å². The number of anilines is 1. The molecule has 1 saturated carbocycles. The van der Waals surface area contributed by atoms with E-state index in [-0.39, 0.29) is 5.41 Å². The van der Waals surface area contributed by atoms with E-state index in [9.17, 15) is 5.11 Å². The quantitative estimate of drug-likeness (QED) is 0.853. The van der Waals surface area contributed by atoms with E-state index in [1.807, 2.05) is 26.1 Å². The molecule has 1 aliphatic carbocycles. The molecular formula is C14H22N2O. The van der Waals surface area contributed by atoms with Crippen molar-refractivity contribution in [2.24, 2.45) is 5.41 Å². The molecule has 0 aromatic carbocycles. The molecule has 0 radical (unpaired) electrons. The van der Waals surface area contributed by atoms with Crippen molar-refractivity contribution in [2.45, 2.75) is 39.7 Å². The van der Waals surface area contributed by atoms with Gasteiger partial charge >= 0.3 is 0 Å². The van der Waals surface area contributed by atoms with Crippen LogP contribution in [0.2, 0.25) is 0 Å². The van der Waals surface area contributed by atoms with Gasteiger partial charge in [-0.2, -0.15) is 0 Å². The number of aliphatic hydroxyl groups excluding tert-OH is 1. The van der Waals surface area contributed by atoms with Crippen molar-refractivity contribution in [1.29, 1.82) is 0 Å². The van der Waals surface area contributed by atoms with Gasteiger partial charge in [0.25, 0.3) is 0 Å². The number of aromatic nitrogens is 1. The highest BCUT2D eigenvalue weighted by Gasteiger charge is 2.54. The summed E-state index contributed by atoms with van der Waals surface area (Å²) in [6, 6.07) is 4.77. The molecular weight excluding hydrogens is 212 g/mol. The Hall–Kier alpha value is -1.09. The van der Waals surface area contributed by atoms with Crippen LogP contribution in [0.1, 0.15) is 32.3 Å². The molecule has 3 fully saturated rings. The van der Waals surface area contributed by atoms with Gasteiger partial charge in [0.15, 0.2) is 0 Å². The van der Waals surface area contributed by atoms with Gasteiger partial charge in [0.2, 0.25) is 0 Å². The Labute approximate surface area is 103 Å². The molecule has 0 unspecified atom stereocenters. The van der Waals surface area contributed by atoms with Crippen LogP contribution >= 0.6 is 0 Å². The first-order valence-electron chi connectivity index (χ1n) is 6.53. The van der Waals surface area contributed by atoms with Crippen LogP contribution in [0.15, 0.2) is 18.3 Å². The lowest BCUT2D eigenvalue weighted by molar-refractivity contribution is 0.0873. The molecule has 3 nitrogen and oxygen atoms in total. The second-order valence-electron chi connectivity index (χ2n) is 5.04. The molecule has 2 aliphatic heterocycles. The number of hydrogen-bond acceptors (Lipinski definition) is 3. The van der Waals surface area contributed by atoms with Crippen molar-refractivity contribution in [3.05, 3.63) is 23.9 Å². The van der Waals surface area contributed by atoms with Crippen molar-refractivity contribution >= 4 is 5.82 Å². The molecule has 0 spiro atoms. The van der Waals surface area contributed by atoms with Gasteiger partial charge < -0.3 is 10.0 Å². The predicted octanol–water partition coefficient (Wildman–Crippen LogP) is 2.38. The second kappa shape index (κ2) is 4.65. The summed E-state index contributed by atoms with van der Waals surface area (Å²) in [6.45, 7) is 7.39. The average molecular weight is 234 g/mol. The van der Waals surface area contributed by atoms with Crippen molar-refractivity contribution in [3.63, 3.8) is 0 Å². The largest absolute Gasteiger partial charge is 0.396 e. The van der Waals surface area contributed by atoms with Crippen LogP contribution in [-0.2, 0) is 0 Å². The number of rotatable bonds is 2. The molecule has 4 rings (SSSR count). The molecule has 3 heteroatoms. The topological polar surface area (TPSA) is 36.4 Å². The SMILES string of the molecule is CC.Cc1ccnc(N2CC3(CO)CC2C3)c1. The normalized spacial score (nSPS) is 29.4. The Morgan fingerprint density at radius 3 is 2.71 bits per heavy atom. The molecule has 1 aromatic rings. The van der Waals surface area contributed by atoms with E-state index >= 15 is 0 Å². The van der Waals surface area contributed by atoms with Crippen LogP contribution in [0.4, 0.5) is 5.82 Å². The first kappa shape index (κ1) is 12.4. The molecule has 1 aromatic heterocycles. The maximum absolute atomic E-state index is 9.34. The van der Waals surface area contributed by atoms with Gasteiger partial charge in [-0.15, -0.1) is 0 Å². The number of hydrogen-bond donors (Lipinski definition) is 1. The predicted molar refractivity (Wildman–Crippen MR) is 70.2 cm³/mol. The van der Waals surface area contributed by atoms with Crippen LogP contribution in [0, 0.1) is 12.3 Å². The molecule has 17 heavy (non-hydrogen) atoms. The van der Waals surface area contributed by atoms with Gasteiger partial charge in [0, 0.05) is 24.2 Å². The minimum Gasteiger partial charge on any atom is -0.396 e. The molecule has 2 saturated heterocycles. The van der Waals surface area contributed by atoms with Crippen LogP contribution in [0.3, 0.4) is 0 Å². The second-order valence-corrected chi connectivity index (χ2v) is 5.04. The molecule has 0 atom stereocenters. The fourth-order valence-electron chi connectivity index (χ4n) is 2.90. The fraction of sp³-hybridized carbons (Fsp3) is 0.643. The zero-order valence-corrected chi connectivity index (χ0v) is 11.0. The summed E-state index contributed by atoms with van der Waals surface area (Å²) in [7, 11) is 0. The standard InChI is InChI=1S/C12H16N2O.C2H6/c1-9-2-3-13-11(4-9)14-7-12(8-15)5-10(14)6-12;1-2/h2-4,10,15H,5-8H2,1H3;1-2H3. The van der Waals surface area contributed by atoms with E-state index in [1.165, 1.54) is 5.56 Å². The lowest BCUT2D eigenvalue weighted by atomic mass is 9.71. The van der Waals surface area contributed by atoms with Gasteiger partial charge in [-0.25, -0.2) is 4.98 Å². The number of fused-ring (bicyclic) bond motifs is 1. The van der Waals surface area contributed by atoms with Gasteiger partial charge in [-0.3, -0.25) is 0 Å². The maximum Gasteiger partial charge on any atom is 0.128 e. The third-order valence-electron chi connectivity index (χ3n) is 3.81.